The van der Waals surface area contributed by atoms with Crippen molar-refractivity contribution >= 4 is 11.6 Å². The van der Waals surface area contributed by atoms with Gasteiger partial charge in [0, 0.05) is 25.2 Å². The zero-order valence-electron chi connectivity index (χ0n) is 9.01. The van der Waals surface area contributed by atoms with Crippen LogP contribution < -0.4 is 0 Å². The number of hydrogen-bond acceptors (Lipinski definition) is 2. The Hall–Kier alpha value is -0.660. The van der Waals surface area contributed by atoms with E-state index in [2.05, 4.69) is 13.8 Å². The van der Waals surface area contributed by atoms with Crippen molar-refractivity contribution in [2.24, 2.45) is 17.3 Å². The molecule has 0 spiro atoms. The van der Waals surface area contributed by atoms with Gasteiger partial charge in [-0.05, 0) is 24.2 Å². The molecule has 0 N–H and O–H groups in total. The molecule has 2 aliphatic carbocycles. The van der Waals surface area contributed by atoms with Crippen LogP contribution in [0.15, 0.2) is 0 Å². The molecule has 0 aromatic carbocycles. The van der Waals surface area contributed by atoms with Crippen molar-refractivity contribution in [3.63, 3.8) is 0 Å². The molecule has 2 unspecified atom stereocenters. The maximum atomic E-state index is 11.8. The molecule has 0 aromatic rings. The van der Waals surface area contributed by atoms with E-state index < -0.39 is 0 Å². The Morgan fingerprint density at radius 2 is 2.00 bits per heavy atom. The van der Waals surface area contributed by atoms with Gasteiger partial charge in [-0.25, -0.2) is 0 Å². The fourth-order valence-electron chi connectivity index (χ4n) is 3.11. The Morgan fingerprint density at radius 3 is 2.71 bits per heavy atom. The third-order valence-electron chi connectivity index (χ3n) is 3.67. The van der Waals surface area contributed by atoms with Gasteiger partial charge in [-0.1, -0.05) is 13.8 Å². The van der Waals surface area contributed by atoms with Gasteiger partial charge in [0.05, 0.1) is 0 Å². The molecule has 2 aliphatic rings. The van der Waals surface area contributed by atoms with Crippen molar-refractivity contribution in [2.75, 3.05) is 0 Å². The molecule has 2 atom stereocenters. The molecule has 2 rings (SSSR count). The van der Waals surface area contributed by atoms with Gasteiger partial charge in [0.2, 0.25) is 0 Å². The number of carbonyl (C=O) groups is 2. The largest absolute Gasteiger partial charge is 0.300 e. The van der Waals surface area contributed by atoms with Gasteiger partial charge in [-0.2, -0.15) is 0 Å². The number of ketones is 2. The number of Topliss-reactive ketones (excluding diaryl/α,β-unsaturated/α-hetero) is 2. The summed E-state index contributed by atoms with van der Waals surface area (Å²) in [5.74, 6) is 1.32. The first-order valence-corrected chi connectivity index (χ1v) is 5.52. The normalized spacial score (nSPS) is 36.7. The smallest absolute Gasteiger partial charge is 0.136 e. The first kappa shape index (κ1) is 9.88. The van der Waals surface area contributed by atoms with Crippen molar-refractivity contribution < 1.29 is 9.59 Å². The van der Waals surface area contributed by atoms with Gasteiger partial charge >= 0.3 is 0 Å². The van der Waals surface area contributed by atoms with E-state index in [0.29, 0.717) is 36.7 Å². The van der Waals surface area contributed by atoms with Crippen molar-refractivity contribution in [2.45, 2.75) is 46.0 Å². The first-order chi connectivity index (χ1) is 6.48. The van der Waals surface area contributed by atoms with Gasteiger partial charge in [0.25, 0.3) is 0 Å². The van der Waals surface area contributed by atoms with Crippen molar-refractivity contribution in [1.82, 2.24) is 0 Å². The van der Waals surface area contributed by atoms with E-state index in [4.69, 9.17) is 0 Å². The molecule has 0 heterocycles. The Bertz CT molecular complexity index is 278. The van der Waals surface area contributed by atoms with E-state index in [1.807, 2.05) is 0 Å². The molecule has 2 saturated carbocycles. The minimum Gasteiger partial charge on any atom is -0.300 e. The molecular weight excluding hydrogens is 176 g/mol. The van der Waals surface area contributed by atoms with Crippen LogP contribution in [-0.2, 0) is 9.59 Å². The van der Waals surface area contributed by atoms with Gasteiger partial charge in [0.15, 0.2) is 0 Å². The Labute approximate surface area is 85.1 Å². The highest BCUT2D eigenvalue weighted by molar-refractivity contribution is 5.87. The van der Waals surface area contributed by atoms with Crippen LogP contribution in [0.3, 0.4) is 0 Å². The molecule has 2 heteroatoms. The zero-order valence-corrected chi connectivity index (χ0v) is 9.01. The maximum Gasteiger partial charge on any atom is 0.136 e. The SMILES string of the molecule is CC1(C)CC(=O)C2CCC(=O)CC2C1. The van der Waals surface area contributed by atoms with Crippen LogP contribution in [0.25, 0.3) is 0 Å². The van der Waals surface area contributed by atoms with E-state index in [0.717, 1.165) is 12.8 Å². The molecule has 0 radical (unpaired) electrons. The van der Waals surface area contributed by atoms with Crippen LogP contribution in [-0.4, -0.2) is 11.6 Å². The summed E-state index contributed by atoms with van der Waals surface area (Å²) in [4.78, 5) is 23.2. The number of hydrogen-bond donors (Lipinski definition) is 0. The summed E-state index contributed by atoms with van der Waals surface area (Å²) in [6.45, 7) is 4.28. The minimum atomic E-state index is 0.121. The average molecular weight is 194 g/mol. The molecule has 0 amide bonds. The summed E-state index contributed by atoms with van der Waals surface area (Å²) < 4.78 is 0. The Balaban J connectivity index is 2.16. The summed E-state index contributed by atoms with van der Waals surface area (Å²) in [7, 11) is 0. The van der Waals surface area contributed by atoms with Crippen LogP contribution in [0.4, 0.5) is 0 Å². The Kier molecular flexibility index (Phi) is 2.24. The van der Waals surface area contributed by atoms with E-state index in [1.54, 1.807) is 0 Å². The molecule has 2 fully saturated rings. The average Bonchev–Trinajstić information content (AvgIpc) is 2.00. The van der Waals surface area contributed by atoms with Gasteiger partial charge in [-0.15, -0.1) is 0 Å². The van der Waals surface area contributed by atoms with E-state index in [-0.39, 0.29) is 11.3 Å². The third kappa shape index (κ3) is 1.75. The lowest BCUT2D eigenvalue weighted by atomic mass is 9.62. The molecule has 14 heavy (non-hydrogen) atoms. The lowest BCUT2D eigenvalue weighted by Crippen LogP contribution is -2.40. The van der Waals surface area contributed by atoms with Crippen LogP contribution in [0, 0.1) is 17.3 Å². The molecule has 0 aromatic heterocycles. The van der Waals surface area contributed by atoms with E-state index >= 15 is 0 Å². The Morgan fingerprint density at radius 1 is 1.29 bits per heavy atom. The zero-order chi connectivity index (χ0) is 10.3. The number of carbonyl (C=O) groups excluding carboxylic acids is 2. The molecule has 0 saturated heterocycles. The van der Waals surface area contributed by atoms with Crippen molar-refractivity contribution in [3.8, 4) is 0 Å². The number of fused-ring (bicyclic) bond motifs is 1. The highest BCUT2D eigenvalue weighted by Gasteiger charge is 2.42. The fourth-order valence-corrected chi connectivity index (χ4v) is 3.11. The molecular formula is C12H18O2. The molecule has 78 valence electrons. The minimum absolute atomic E-state index is 0.121. The van der Waals surface area contributed by atoms with Crippen LogP contribution >= 0.6 is 0 Å². The summed E-state index contributed by atoms with van der Waals surface area (Å²) >= 11 is 0. The standard InChI is InChI=1S/C12H18O2/c1-12(2)6-8-5-9(13)3-4-10(8)11(14)7-12/h8,10H,3-7H2,1-2H3. The highest BCUT2D eigenvalue weighted by Crippen LogP contribution is 2.45. The molecule has 0 bridgehead atoms. The third-order valence-corrected chi connectivity index (χ3v) is 3.67. The summed E-state index contributed by atoms with van der Waals surface area (Å²) in [6.07, 6.45) is 3.86. The van der Waals surface area contributed by atoms with Crippen LogP contribution in [0.5, 0.6) is 0 Å². The van der Waals surface area contributed by atoms with Gasteiger partial charge < -0.3 is 0 Å². The molecule has 2 nitrogen and oxygen atoms in total. The van der Waals surface area contributed by atoms with Crippen LogP contribution in [0.2, 0.25) is 0 Å². The predicted octanol–water partition coefficient (Wildman–Crippen LogP) is 2.36. The second-order valence-corrected chi connectivity index (χ2v) is 5.66. The quantitative estimate of drug-likeness (QED) is 0.593. The maximum absolute atomic E-state index is 11.8. The van der Waals surface area contributed by atoms with Crippen LogP contribution in [0.1, 0.15) is 46.0 Å². The monoisotopic (exact) mass is 194 g/mol. The van der Waals surface area contributed by atoms with Crippen molar-refractivity contribution in [1.29, 1.82) is 0 Å². The van der Waals surface area contributed by atoms with Gasteiger partial charge in [-0.3, -0.25) is 9.59 Å². The lowest BCUT2D eigenvalue weighted by Gasteiger charge is -2.41. The molecule has 0 aliphatic heterocycles. The summed E-state index contributed by atoms with van der Waals surface area (Å²) in [5.41, 5.74) is 0.121. The van der Waals surface area contributed by atoms with Gasteiger partial charge in [0.1, 0.15) is 11.6 Å². The summed E-state index contributed by atoms with van der Waals surface area (Å²) in [5, 5.41) is 0. The lowest BCUT2D eigenvalue weighted by molar-refractivity contribution is -0.136. The van der Waals surface area contributed by atoms with Crippen molar-refractivity contribution in [3.05, 3.63) is 0 Å². The summed E-state index contributed by atoms with van der Waals surface area (Å²) in [6, 6.07) is 0. The second kappa shape index (κ2) is 3.18. The topological polar surface area (TPSA) is 34.1 Å². The van der Waals surface area contributed by atoms with E-state index in [1.165, 1.54) is 0 Å². The van der Waals surface area contributed by atoms with E-state index in [9.17, 15) is 9.59 Å². The first-order valence-electron chi connectivity index (χ1n) is 5.52. The number of rotatable bonds is 0. The second-order valence-electron chi connectivity index (χ2n) is 5.66. The highest BCUT2D eigenvalue weighted by atomic mass is 16.1. The fraction of sp³-hybridized carbons (Fsp3) is 0.833. The predicted molar refractivity (Wildman–Crippen MR) is 53.9 cm³/mol.